The Hall–Kier alpha value is -0.513. The number of rotatable bonds is 0. The molecule has 28 valence electrons. The Morgan fingerprint density at radius 1 is 1.80 bits per heavy atom. The molecule has 0 rings (SSSR count). The van der Waals surface area contributed by atoms with E-state index in [-0.39, 0.29) is 11.0 Å². The molecule has 0 fully saturated rings. The zero-order valence-electron chi connectivity index (χ0n) is 2.43. The van der Waals surface area contributed by atoms with Gasteiger partial charge in [0.15, 0.2) is 0 Å². The average Bonchev–Trinajstić information content (AvgIpc) is 0.811. The van der Waals surface area contributed by atoms with Crippen molar-refractivity contribution in [1.82, 2.24) is 0 Å². The maximum Gasteiger partial charge on any atom is 0.402 e. The lowest BCUT2D eigenvalue weighted by Gasteiger charge is -1.61. The Labute approximate surface area is 33.8 Å². The summed E-state index contributed by atoms with van der Waals surface area (Å²) in [6.45, 7) is 0. The van der Waals surface area contributed by atoms with Crippen LogP contribution in [0.5, 0.6) is 0 Å². The maximum atomic E-state index is 8.78. The molecule has 0 aliphatic heterocycles. The quantitative estimate of drug-likeness (QED) is 0.383. The summed E-state index contributed by atoms with van der Waals surface area (Å²) in [4.78, 5) is 8.78. The van der Waals surface area contributed by atoms with E-state index in [1.807, 2.05) is 0 Å². The first-order valence-corrected chi connectivity index (χ1v) is 0.716. The SMILES string of the molecule is NC(=O)O.[Si]. The van der Waals surface area contributed by atoms with Crippen LogP contribution in [0.25, 0.3) is 0 Å². The van der Waals surface area contributed by atoms with E-state index in [0.29, 0.717) is 0 Å². The lowest BCUT2D eigenvalue weighted by Crippen LogP contribution is -2.03. The van der Waals surface area contributed by atoms with E-state index < -0.39 is 6.09 Å². The second-order valence-corrected chi connectivity index (χ2v) is 0.338. The minimum absolute atomic E-state index is 0. The third kappa shape index (κ3) is 29.3. The first-order chi connectivity index (χ1) is 1.73. The van der Waals surface area contributed by atoms with Gasteiger partial charge in [0.1, 0.15) is 0 Å². The summed E-state index contributed by atoms with van der Waals surface area (Å²) in [6, 6.07) is 0. The third-order valence-corrected chi connectivity index (χ3v) is 0. The molecule has 4 radical (unpaired) electrons. The molecule has 0 aromatic heterocycles. The van der Waals surface area contributed by atoms with Crippen LogP contribution in [-0.4, -0.2) is 22.2 Å². The molecule has 0 bridgehead atoms. The van der Waals surface area contributed by atoms with Gasteiger partial charge in [-0.1, -0.05) is 0 Å². The van der Waals surface area contributed by atoms with Gasteiger partial charge < -0.3 is 10.8 Å². The number of hydrogen-bond acceptors (Lipinski definition) is 1. The molecule has 0 saturated heterocycles. The molecule has 1 amide bonds. The van der Waals surface area contributed by atoms with Crippen molar-refractivity contribution in [3.8, 4) is 0 Å². The molecule has 0 heterocycles. The molecular formula is CH3NO2Si. The fourth-order valence-corrected chi connectivity index (χ4v) is 0. The van der Waals surface area contributed by atoms with E-state index in [0.717, 1.165) is 0 Å². The molecule has 4 heteroatoms. The summed E-state index contributed by atoms with van der Waals surface area (Å²) in [6.07, 6.45) is -1.33. The highest BCUT2D eigenvalue weighted by Crippen LogP contribution is 1.34. The Kier molecular flexibility index (Phi) is 6.15. The fourth-order valence-electron chi connectivity index (χ4n) is 0. The standard InChI is InChI=1S/CH3NO2.Si/c2-1(3)4;/h2H2,(H,3,4);. The predicted molar refractivity (Wildman–Crippen MR) is 18.0 cm³/mol. The van der Waals surface area contributed by atoms with E-state index in [2.05, 4.69) is 5.73 Å². The second-order valence-electron chi connectivity index (χ2n) is 0.338. The van der Waals surface area contributed by atoms with Crippen molar-refractivity contribution in [2.75, 3.05) is 0 Å². The van der Waals surface area contributed by atoms with Gasteiger partial charge in [-0.05, 0) is 0 Å². The van der Waals surface area contributed by atoms with Crippen LogP contribution in [-0.2, 0) is 0 Å². The summed E-state index contributed by atoms with van der Waals surface area (Å²) in [5, 5.41) is 7.19. The van der Waals surface area contributed by atoms with Crippen LogP contribution >= 0.6 is 0 Å². The van der Waals surface area contributed by atoms with Crippen molar-refractivity contribution in [3.63, 3.8) is 0 Å². The number of amides is 1. The lowest BCUT2D eigenvalue weighted by molar-refractivity contribution is 0.205. The van der Waals surface area contributed by atoms with Crippen LogP contribution in [0.4, 0.5) is 4.79 Å². The van der Waals surface area contributed by atoms with Gasteiger partial charge in [0.05, 0.1) is 0 Å². The summed E-state index contributed by atoms with van der Waals surface area (Å²) < 4.78 is 0. The van der Waals surface area contributed by atoms with Crippen LogP contribution in [0.15, 0.2) is 0 Å². The van der Waals surface area contributed by atoms with Crippen molar-refractivity contribution in [2.24, 2.45) is 5.73 Å². The van der Waals surface area contributed by atoms with Crippen molar-refractivity contribution >= 4 is 17.1 Å². The van der Waals surface area contributed by atoms with Crippen molar-refractivity contribution < 1.29 is 9.90 Å². The molecule has 0 aliphatic rings. The zero-order valence-corrected chi connectivity index (χ0v) is 3.43. The molecule has 0 atom stereocenters. The smallest absolute Gasteiger partial charge is 0.402 e. The van der Waals surface area contributed by atoms with Crippen LogP contribution in [0.3, 0.4) is 0 Å². The highest BCUT2D eigenvalue weighted by Gasteiger charge is 1.65. The van der Waals surface area contributed by atoms with Gasteiger partial charge in [0.25, 0.3) is 0 Å². The van der Waals surface area contributed by atoms with E-state index in [1.165, 1.54) is 0 Å². The van der Waals surface area contributed by atoms with Gasteiger partial charge in [0.2, 0.25) is 0 Å². The Morgan fingerprint density at radius 2 is 1.80 bits per heavy atom. The largest absolute Gasteiger partial charge is 0.465 e. The maximum absolute atomic E-state index is 8.78. The van der Waals surface area contributed by atoms with Crippen molar-refractivity contribution in [3.05, 3.63) is 0 Å². The third-order valence-electron chi connectivity index (χ3n) is 0. The monoisotopic (exact) mass is 89.0 g/mol. The molecule has 0 aromatic carbocycles. The van der Waals surface area contributed by atoms with Crippen molar-refractivity contribution in [1.29, 1.82) is 0 Å². The molecule has 0 unspecified atom stereocenters. The lowest BCUT2D eigenvalue weighted by atomic mass is 11.3. The van der Waals surface area contributed by atoms with Gasteiger partial charge in [-0.3, -0.25) is 0 Å². The summed E-state index contributed by atoms with van der Waals surface area (Å²) >= 11 is 0. The van der Waals surface area contributed by atoms with Gasteiger partial charge in [-0.2, -0.15) is 0 Å². The van der Waals surface area contributed by atoms with Crippen LogP contribution < -0.4 is 5.73 Å². The van der Waals surface area contributed by atoms with Crippen LogP contribution in [0.1, 0.15) is 0 Å². The van der Waals surface area contributed by atoms with E-state index >= 15 is 0 Å². The molecule has 5 heavy (non-hydrogen) atoms. The number of carboxylic acid groups (broad SMARTS) is 1. The number of primary amides is 1. The predicted octanol–water partition coefficient (Wildman–Crippen LogP) is -0.758. The van der Waals surface area contributed by atoms with Gasteiger partial charge in [-0.25, -0.2) is 4.79 Å². The highest BCUT2D eigenvalue weighted by atomic mass is 28.1. The van der Waals surface area contributed by atoms with Crippen LogP contribution in [0.2, 0.25) is 0 Å². The first-order valence-electron chi connectivity index (χ1n) is 0.716. The van der Waals surface area contributed by atoms with Gasteiger partial charge in [-0.15, -0.1) is 0 Å². The molecule has 0 aliphatic carbocycles. The fraction of sp³-hybridized carbons (Fsp3) is 0. The Balaban J connectivity index is 0. The molecule has 0 aromatic rings. The number of hydrogen-bond donors (Lipinski definition) is 2. The summed E-state index contributed by atoms with van der Waals surface area (Å²) in [5.74, 6) is 0. The first kappa shape index (κ1) is 8.82. The van der Waals surface area contributed by atoms with E-state index in [4.69, 9.17) is 9.90 Å². The number of nitrogens with two attached hydrogens (primary N) is 1. The minimum Gasteiger partial charge on any atom is -0.465 e. The summed E-state index contributed by atoms with van der Waals surface area (Å²) in [7, 11) is 0. The second kappa shape index (κ2) is 3.49. The summed E-state index contributed by atoms with van der Waals surface area (Å²) in [5.41, 5.74) is 4.03. The minimum atomic E-state index is -1.33. The number of carbonyl (C=O) groups is 1. The molecular weight excluding hydrogens is 86.1 g/mol. The van der Waals surface area contributed by atoms with E-state index in [9.17, 15) is 0 Å². The molecule has 0 spiro atoms. The van der Waals surface area contributed by atoms with Gasteiger partial charge in [0, 0.05) is 11.0 Å². The van der Waals surface area contributed by atoms with Crippen LogP contribution in [0, 0.1) is 0 Å². The normalized spacial score (nSPS) is 4.80. The Morgan fingerprint density at radius 3 is 1.80 bits per heavy atom. The topological polar surface area (TPSA) is 63.3 Å². The van der Waals surface area contributed by atoms with Gasteiger partial charge >= 0.3 is 6.09 Å². The van der Waals surface area contributed by atoms with Crippen molar-refractivity contribution in [2.45, 2.75) is 0 Å². The molecule has 3 N–H and O–H groups in total. The Bertz CT molecular complexity index is 32.6. The average molecular weight is 89.1 g/mol. The van der Waals surface area contributed by atoms with E-state index in [1.54, 1.807) is 0 Å². The molecule has 3 nitrogen and oxygen atoms in total. The molecule has 0 saturated carbocycles. The zero-order chi connectivity index (χ0) is 3.58. The highest BCUT2D eigenvalue weighted by molar-refractivity contribution is 5.75.